The lowest BCUT2D eigenvalue weighted by atomic mass is 9.97. The highest BCUT2D eigenvalue weighted by Crippen LogP contribution is 2.24. The van der Waals surface area contributed by atoms with Gasteiger partial charge in [0.1, 0.15) is 18.4 Å². The van der Waals surface area contributed by atoms with Crippen LogP contribution in [0.15, 0.2) is 66.8 Å². The molecule has 0 radical (unpaired) electrons. The summed E-state index contributed by atoms with van der Waals surface area (Å²) in [5.74, 6) is 0.242. The maximum absolute atomic E-state index is 14.3. The summed E-state index contributed by atoms with van der Waals surface area (Å²) in [6.07, 6.45) is 5.07. The third-order valence-electron chi connectivity index (χ3n) is 5.04. The van der Waals surface area contributed by atoms with Crippen LogP contribution in [0.4, 0.5) is 4.39 Å². The summed E-state index contributed by atoms with van der Waals surface area (Å²) in [6.45, 7) is 11.4. The zero-order valence-corrected chi connectivity index (χ0v) is 22.1. The predicted molar refractivity (Wildman–Crippen MR) is 145 cm³/mol. The molecular weight excluding hydrogens is 459 g/mol. The van der Waals surface area contributed by atoms with Crippen LogP contribution in [0.5, 0.6) is 0 Å². The minimum Gasteiger partial charge on any atom is -0.392 e. The van der Waals surface area contributed by atoms with Crippen LogP contribution in [0.2, 0.25) is 0 Å². The fourth-order valence-corrected chi connectivity index (χ4v) is 3.14. The van der Waals surface area contributed by atoms with Crippen LogP contribution in [0, 0.1) is 11.7 Å². The summed E-state index contributed by atoms with van der Waals surface area (Å²) in [5, 5.41) is 8.00. The largest absolute Gasteiger partial charge is 0.392 e. The predicted octanol–water partition coefficient (Wildman–Crippen LogP) is 5.78. The Kier molecular flexibility index (Phi) is 18.6. The molecule has 0 atom stereocenters. The lowest BCUT2D eigenvalue weighted by molar-refractivity contribution is -0.105. The van der Waals surface area contributed by atoms with E-state index in [9.17, 15) is 14.0 Å². The van der Waals surface area contributed by atoms with Gasteiger partial charge in [0, 0.05) is 25.7 Å². The minimum absolute atomic E-state index is 0.102. The van der Waals surface area contributed by atoms with Crippen LogP contribution in [0.25, 0.3) is 11.1 Å². The summed E-state index contributed by atoms with van der Waals surface area (Å²) in [5.41, 5.74) is 4.81. The Morgan fingerprint density at radius 3 is 1.94 bits per heavy atom. The number of unbranched alkanes of at least 4 members (excludes halogenated alkanes) is 1. The Bertz CT molecular complexity index is 915. The molecule has 0 aromatic heterocycles. The SMILES string of the molecule is C=C(C)C=O.C=C(C=O)CO.CCCCc1ccc(-c2ccc(CC(COC)COC)cc2)cc1F. The maximum atomic E-state index is 14.3. The first-order valence-electron chi connectivity index (χ1n) is 12.0. The van der Waals surface area contributed by atoms with Gasteiger partial charge in [0.25, 0.3) is 0 Å². The summed E-state index contributed by atoms with van der Waals surface area (Å²) in [6, 6.07) is 13.9. The maximum Gasteiger partial charge on any atom is 0.147 e. The van der Waals surface area contributed by atoms with Crippen molar-refractivity contribution in [3.05, 3.63) is 83.7 Å². The number of ether oxygens (including phenoxy) is 2. The summed E-state index contributed by atoms with van der Waals surface area (Å²) in [7, 11) is 3.43. The number of methoxy groups -OCH3 is 2. The van der Waals surface area contributed by atoms with Gasteiger partial charge >= 0.3 is 0 Å². The number of aliphatic hydroxyl groups is 1. The van der Waals surface area contributed by atoms with Gasteiger partial charge in [-0.2, -0.15) is 0 Å². The molecule has 198 valence electrons. The highest BCUT2D eigenvalue weighted by molar-refractivity contribution is 5.72. The number of aliphatic hydroxyl groups excluding tert-OH is 1. The molecule has 0 saturated carbocycles. The molecule has 0 amide bonds. The Morgan fingerprint density at radius 2 is 1.56 bits per heavy atom. The Balaban J connectivity index is 0.000000931. The van der Waals surface area contributed by atoms with E-state index in [-0.39, 0.29) is 18.0 Å². The summed E-state index contributed by atoms with van der Waals surface area (Å²) in [4.78, 5) is 18.9. The average molecular weight is 501 g/mol. The van der Waals surface area contributed by atoms with Gasteiger partial charge in [0.05, 0.1) is 19.8 Å². The van der Waals surface area contributed by atoms with Gasteiger partial charge in [-0.1, -0.05) is 62.9 Å². The van der Waals surface area contributed by atoms with E-state index in [4.69, 9.17) is 14.6 Å². The van der Waals surface area contributed by atoms with Crippen molar-refractivity contribution < 1.29 is 28.6 Å². The number of hydrogen-bond acceptors (Lipinski definition) is 5. The number of carbonyl (C=O) groups excluding carboxylic acids is 2. The third kappa shape index (κ3) is 14.5. The van der Waals surface area contributed by atoms with Gasteiger partial charge in [-0.3, -0.25) is 9.59 Å². The zero-order chi connectivity index (χ0) is 27.3. The lowest BCUT2D eigenvalue weighted by Crippen LogP contribution is -2.17. The monoisotopic (exact) mass is 500 g/mol. The molecule has 2 rings (SSSR count). The van der Waals surface area contributed by atoms with Crippen molar-refractivity contribution in [2.24, 2.45) is 5.92 Å². The van der Waals surface area contributed by atoms with Crippen molar-refractivity contribution in [2.45, 2.75) is 39.5 Å². The van der Waals surface area contributed by atoms with Crippen LogP contribution in [0.3, 0.4) is 0 Å². The van der Waals surface area contributed by atoms with Gasteiger partial charge in [0.2, 0.25) is 0 Å². The van der Waals surface area contributed by atoms with E-state index in [0.29, 0.717) is 31.0 Å². The first kappa shape index (κ1) is 33.1. The number of rotatable bonds is 13. The summed E-state index contributed by atoms with van der Waals surface area (Å²) < 4.78 is 24.8. The second kappa shape index (κ2) is 20.3. The van der Waals surface area contributed by atoms with Gasteiger partial charge in [-0.15, -0.1) is 0 Å². The van der Waals surface area contributed by atoms with Crippen molar-refractivity contribution >= 4 is 12.6 Å². The Morgan fingerprint density at radius 1 is 1.00 bits per heavy atom. The first-order chi connectivity index (χ1) is 17.3. The third-order valence-corrected chi connectivity index (χ3v) is 5.04. The molecular formula is C30H41FO5. The minimum atomic E-state index is -0.233. The zero-order valence-electron chi connectivity index (χ0n) is 22.1. The number of aryl methyl sites for hydroxylation is 1. The van der Waals surface area contributed by atoms with E-state index in [1.807, 2.05) is 12.1 Å². The Labute approximate surface area is 215 Å². The fraction of sp³-hybridized carbons (Fsp3) is 0.400. The molecule has 0 aliphatic rings. The molecule has 6 heteroatoms. The lowest BCUT2D eigenvalue weighted by Gasteiger charge is -2.15. The van der Waals surface area contributed by atoms with Gasteiger partial charge < -0.3 is 14.6 Å². The molecule has 2 aromatic carbocycles. The van der Waals surface area contributed by atoms with Crippen LogP contribution in [-0.4, -0.2) is 51.7 Å². The van der Waals surface area contributed by atoms with Crippen molar-refractivity contribution in [1.29, 1.82) is 0 Å². The molecule has 0 spiro atoms. The molecule has 0 bridgehead atoms. The molecule has 2 aromatic rings. The van der Waals surface area contributed by atoms with Crippen LogP contribution < -0.4 is 0 Å². The molecule has 0 unspecified atom stereocenters. The number of hydrogen-bond donors (Lipinski definition) is 1. The molecule has 5 nitrogen and oxygen atoms in total. The fourth-order valence-electron chi connectivity index (χ4n) is 3.14. The van der Waals surface area contributed by atoms with Gasteiger partial charge in [-0.25, -0.2) is 4.39 Å². The van der Waals surface area contributed by atoms with Crippen molar-refractivity contribution in [3.63, 3.8) is 0 Å². The second-order valence-corrected chi connectivity index (χ2v) is 8.49. The van der Waals surface area contributed by atoms with Crippen molar-refractivity contribution in [2.75, 3.05) is 34.0 Å². The van der Waals surface area contributed by atoms with Crippen LogP contribution in [-0.2, 0) is 31.9 Å². The number of carbonyl (C=O) groups is 2. The van der Waals surface area contributed by atoms with Crippen molar-refractivity contribution in [1.82, 2.24) is 0 Å². The van der Waals surface area contributed by atoms with Crippen LogP contribution >= 0.6 is 0 Å². The molecule has 0 heterocycles. The Hall–Kier alpha value is -2.93. The number of halogens is 1. The normalized spacial score (nSPS) is 9.97. The molecule has 0 aliphatic heterocycles. The quantitative estimate of drug-likeness (QED) is 0.279. The second-order valence-electron chi connectivity index (χ2n) is 8.49. The molecule has 36 heavy (non-hydrogen) atoms. The first-order valence-corrected chi connectivity index (χ1v) is 12.0. The molecule has 0 aliphatic carbocycles. The molecule has 0 fully saturated rings. The van der Waals surface area contributed by atoms with E-state index in [1.54, 1.807) is 27.2 Å². The van der Waals surface area contributed by atoms with E-state index in [1.165, 1.54) is 5.56 Å². The highest BCUT2D eigenvalue weighted by Gasteiger charge is 2.10. The summed E-state index contributed by atoms with van der Waals surface area (Å²) >= 11 is 0. The van der Waals surface area contributed by atoms with E-state index in [2.05, 4.69) is 44.3 Å². The molecule has 1 N–H and O–H groups in total. The topological polar surface area (TPSA) is 72.8 Å². The van der Waals surface area contributed by atoms with Crippen LogP contribution in [0.1, 0.15) is 37.8 Å². The highest BCUT2D eigenvalue weighted by atomic mass is 19.1. The number of allylic oxidation sites excluding steroid dienone is 1. The number of benzene rings is 2. The number of aldehydes is 2. The van der Waals surface area contributed by atoms with E-state index >= 15 is 0 Å². The van der Waals surface area contributed by atoms with E-state index < -0.39 is 0 Å². The average Bonchev–Trinajstić information content (AvgIpc) is 2.89. The standard InChI is InChI=1S/C22H29FO2.C4H6O2.C4H6O/c1-4-5-6-20-11-12-21(14-22(20)23)19-9-7-17(8-10-19)13-18(15-24-2)16-25-3;1-4(2-5)3-6;1-4(2)3-5/h7-12,14,18H,4-6,13,15-16H2,1-3H3;2,6H,1,3H2;3H,1H2,2H3. The van der Waals surface area contributed by atoms with Gasteiger partial charge in [-0.05, 0) is 60.1 Å². The van der Waals surface area contributed by atoms with Gasteiger partial charge in [0.15, 0.2) is 0 Å². The van der Waals surface area contributed by atoms with E-state index in [0.717, 1.165) is 48.7 Å². The smallest absolute Gasteiger partial charge is 0.147 e. The molecule has 0 saturated heterocycles. The van der Waals surface area contributed by atoms with Crippen molar-refractivity contribution in [3.8, 4) is 11.1 Å².